The number of hydrogen-bond acceptors (Lipinski definition) is 5. The van der Waals surface area contributed by atoms with Gasteiger partial charge in [-0.25, -0.2) is 8.42 Å². The molecule has 0 spiro atoms. The maximum Gasteiger partial charge on any atom is 0.243 e. The first-order valence-electron chi connectivity index (χ1n) is 10.9. The van der Waals surface area contributed by atoms with Crippen LogP contribution in [-0.4, -0.2) is 53.9 Å². The van der Waals surface area contributed by atoms with Crippen molar-refractivity contribution in [1.82, 2.24) is 19.5 Å². The molecule has 1 saturated heterocycles. The monoisotopic (exact) mass is 515 g/mol. The number of piperazine rings is 1. The fraction of sp³-hybridized carbons (Fsp3) is 0.250. The zero-order valence-corrected chi connectivity index (χ0v) is 20.9. The summed E-state index contributed by atoms with van der Waals surface area (Å²) < 4.78 is 27.8. The molecule has 0 aliphatic carbocycles. The standard InChI is InChI=1S/C24H26ClN5O2S2/c25-21-5-1-3-19(15-21)18-29-11-13-30(14-12-29)34(31,32)23-8-6-22(7-9-23)28-24(33)27-17-20-4-2-10-26-16-20/h1-10,15-16H,11-14,17-18H2,(H2,27,28,33). The number of rotatable bonds is 7. The Bertz CT molecular complexity index is 1220. The lowest BCUT2D eigenvalue weighted by atomic mass is 10.2. The third kappa shape index (κ3) is 6.52. The van der Waals surface area contributed by atoms with Crippen LogP contribution in [0.5, 0.6) is 0 Å². The summed E-state index contributed by atoms with van der Waals surface area (Å²) in [6.07, 6.45) is 3.49. The molecule has 0 saturated carbocycles. The number of pyridine rings is 1. The Kier molecular flexibility index (Phi) is 8.12. The Morgan fingerprint density at radius 3 is 2.41 bits per heavy atom. The summed E-state index contributed by atoms with van der Waals surface area (Å²) in [7, 11) is -3.55. The first-order valence-corrected chi connectivity index (χ1v) is 13.1. The fourth-order valence-electron chi connectivity index (χ4n) is 3.74. The number of anilines is 1. The zero-order valence-electron chi connectivity index (χ0n) is 18.5. The highest BCUT2D eigenvalue weighted by Gasteiger charge is 2.28. The van der Waals surface area contributed by atoms with E-state index in [9.17, 15) is 8.42 Å². The molecule has 0 unspecified atom stereocenters. The highest BCUT2D eigenvalue weighted by molar-refractivity contribution is 7.89. The number of halogens is 1. The van der Waals surface area contributed by atoms with Gasteiger partial charge >= 0.3 is 0 Å². The van der Waals surface area contributed by atoms with E-state index in [1.807, 2.05) is 36.4 Å². The second kappa shape index (κ2) is 11.2. The minimum Gasteiger partial charge on any atom is -0.358 e. The lowest BCUT2D eigenvalue weighted by Gasteiger charge is -2.34. The van der Waals surface area contributed by atoms with Crippen molar-refractivity contribution < 1.29 is 8.42 Å². The Morgan fingerprint density at radius 1 is 1.00 bits per heavy atom. The molecule has 1 aliphatic heterocycles. The Labute approximate surface area is 210 Å². The molecular weight excluding hydrogens is 490 g/mol. The molecule has 1 fully saturated rings. The Hall–Kier alpha value is -2.56. The molecule has 2 N–H and O–H groups in total. The van der Waals surface area contributed by atoms with Crippen LogP contribution in [-0.2, 0) is 23.1 Å². The van der Waals surface area contributed by atoms with Gasteiger partial charge in [0.1, 0.15) is 0 Å². The van der Waals surface area contributed by atoms with Crippen LogP contribution in [0.15, 0.2) is 78.0 Å². The molecule has 1 aromatic heterocycles. The maximum atomic E-state index is 13.1. The second-order valence-electron chi connectivity index (χ2n) is 8.00. The van der Waals surface area contributed by atoms with E-state index < -0.39 is 10.0 Å². The minimum atomic E-state index is -3.55. The van der Waals surface area contributed by atoms with Crippen LogP contribution < -0.4 is 10.6 Å². The second-order valence-corrected chi connectivity index (χ2v) is 10.8. The maximum absolute atomic E-state index is 13.1. The van der Waals surface area contributed by atoms with E-state index in [1.54, 1.807) is 41.0 Å². The Morgan fingerprint density at radius 2 is 1.74 bits per heavy atom. The van der Waals surface area contributed by atoms with Crippen molar-refractivity contribution in [3.8, 4) is 0 Å². The average Bonchev–Trinajstić information content (AvgIpc) is 2.84. The molecule has 34 heavy (non-hydrogen) atoms. The number of benzene rings is 2. The lowest BCUT2D eigenvalue weighted by molar-refractivity contribution is 0.181. The van der Waals surface area contributed by atoms with Gasteiger partial charge in [0.25, 0.3) is 0 Å². The summed E-state index contributed by atoms with van der Waals surface area (Å²) in [4.78, 5) is 6.59. The summed E-state index contributed by atoms with van der Waals surface area (Å²) >= 11 is 11.4. The van der Waals surface area contributed by atoms with Crippen molar-refractivity contribution in [3.63, 3.8) is 0 Å². The highest BCUT2D eigenvalue weighted by atomic mass is 35.5. The van der Waals surface area contributed by atoms with Crippen LogP contribution in [0.1, 0.15) is 11.1 Å². The molecule has 2 aromatic carbocycles. The van der Waals surface area contributed by atoms with Gasteiger partial charge in [-0.3, -0.25) is 9.88 Å². The van der Waals surface area contributed by atoms with Gasteiger partial charge in [-0.2, -0.15) is 4.31 Å². The van der Waals surface area contributed by atoms with Crippen molar-refractivity contribution in [2.45, 2.75) is 18.0 Å². The SMILES string of the molecule is O=S(=O)(c1ccc(NC(=S)NCc2cccnc2)cc1)N1CCN(Cc2cccc(Cl)c2)CC1. The predicted octanol–water partition coefficient (Wildman–Crippen LogP) is 3.73. The topological polar surface area (TPSA) is 77.6 Å². The van der Waals surface area contributed by atoms with Gasteiger partial charge < -0.3 is 10.6 Å². The summed E-state index contributed by atoms with van der Waals surface area (Å²) in [5.74, 6) is 0. The van der Waals surface area contributed by atoms with E-state index >= 15 is 0 Å². The van der Waals surface area contributed by atoms with Crippen molar-refractivity contribution in [3.05, 3.63) is 89.2 Å². The van der Waals surface area contributed by atoms with Gasteiger partial charge in [-0.05, 0) is 65.8 Å². The van der Waals surface area contributed by atoms with Gasteiger partial charge in [0.15, 0.2) is 5.11 Å². The molecule has 3 aromatic rings. The van der Waals surface area contributed by atoms with Crippen LogP contribution >= 0.6 is 23.8 Å². The molecule has 0 bridgehead atoms. The predicted molar refractivity (Wildman–Crippen MR) is 139 cm³/mol. The zero-order chi connectivity index (χ0) is 24.0. The number of aromatic nitrogens is 1. The fourth-order valence-corrected chi connectivity index (χ4v) is 5.57. The van der Waals surface area contributed by atoms with E-state index in [2.05, 4.69) is 20.5 Å². The van der Waals surface area contributed by atoms with Crippen LogP contribution in [0.25, 0.3) is 0 Å². The van der Waals surface area contributed by atoms with Gasteiger partial charge in [0.2, 0.25) is 10.0 Å². The smallest absolute Gasteiger partial charge is 0.243 e. The van der Waals surface area contributed by atoms with Crippen molar-refractivity contribution in [2.75, 3.05) is 31.5 Å². The van der Waals surface area contributed by atoms with E-state index in [4.69, 9.17) is 23.8 Å². The lowest BCUT2D eigenvalue weighted by Crippen LogP contribution is -2.48. The van der Waals surface area contributed by atoms with Crippen molar-refractivity contribution >= 4 is 44.6 Å². The number of sulfonamides is 1. The molecule has 0 radical (unpaired) electrons. The van der Waals surface area contributed by atoms with Crippen LogP contribution in [0.4, 0.5) is 5.69 Å². The number of nitrogens with one attached hydrogen (secondary N) is 2. The average molecular weight is 516 g/mol. The largest absolute Gasteiger partial charge is 0.358 e. The third-order valence-corrected chi connectivity index (χ3v) is 7.95. The molecule has 1 aliphatic rings. The van der Waals surface area contributed by atoms with Crippen LogP contribution in [0, 0.1) is 0 Å². The van der Waals surface area contributed by atoms with Crippen molar-refractivity contribution in [2.24, 2.45) is 0 Å². The van der Waals surface area contributed by atoms with Gasteiger partial charge in [-0.1, -0.05) is 29.8 Å². The number of nitrogens with zero attached hydrogens (tertiary/aromatic N) is 3. The molecule has 4 rings (SSSR count). The van der Waals surface area contributed by atoms with E-state index in [0.717, 1.165) is 17.7 Å². The van der Waals surface area contributed by atoms with E-state index in [1.165, 1.54) is 0 Å². The summed E-state index contributed by atoms with van der Waals surface area (Å²) in [5.41, 5.74) is 2.86. The molecule has 7 nitrogen and oxygen atoms in total. The van der Waals surface area contributed by atoms with E-state index in [0.29, 0.717) is 48.5 Å². The first-order chi connectivity index (χ1) is 16.4. The third-order valence-electron chi connectivity index (χ3n) is 5.55. The Balaban J connectivity index is 1.29. The van der Waals surface area contributed by atoms with Gasteiger partial charge in [0, 0.05) is 62.4 Å². The molecule has 0 amide bonds. The minimum absolute atomic E-state index is 0.274. The number of thiocarbonyl (C=S) groups is 1. The molecule has 178 valence electrons. The van der Waals surface area contributed by atoms with Gasteiger partial charge in [-0.15, -0.1) is 0 Å². The summed E-state index contributed by atoms with van der Waals surface area (Å²) in [6, 6.07) is 18.2. The van der Waals surface area contributed by atoms with Gasteiger partial charge in [0.05, 0.1) is 4.90 Å². The molecular formula is C24H26ClN5O2S2. The van der Waals surface area contributed by atoms with E-state index in [-0.39, 0.29) is 4.90 Å². The molecule has 2 heterocycles. The molecule has 10 heteroatoms. The van der Waals surface area contributed by atoms with Crippen molar-refractivity contribution in [1.29, 1.82) is 0 Å². The van der Waals surface area contributed by atoms with Crippen LogP contribution in [0.3, 0.4) is 0 Å². The quantitative estimate of drug-likeness (QED) is 0.464. The normalized spacial score (nSPS) is 15.1. The highest BCUT2D eigenvalue weighted by Crippen LogP contribution is 2.21. The summed E-state index contributed by atoms with van der Waals surface area (Å²) in [6.45, 7) is 3.54. The first kappa shape index (κ1) is 24.6. The number of hydrogen-bond donors (Lipinski definition) is 2. The summed E-state index contributed by atoms with van der Waals surface area (Å²) in [5, 5.41) is 7.35. The molecule has 0 atom stereocenters. The van der Waals surface area contributed by atoms with Crippen LogP contribution in [0.2, 0.25) is 5.02 Å².